The molecule has 0 amide bonds. The van der Waals surface area contributed by atoms with Crippen LogP contribution in [0.2, 0.25) is 0 Å². The van der Waals surface area contributed by atoms with Gasteiger partial charge in [-0.05, 0) is 44.4 Å². The zero-order chi connectivity index (χ0) is 11.4. The third kappa shape index (κ3) is 3.03. The van der Waals surface area contributed by atoms with E-state index in [1.54, 1.807) is 0 Å². The Bertz CT molecular complexity index is 315. The Morgan fingerprint density at radius 3 is 2.88 bits per heavy atom. The lowest BCUT2D eigenvalue weighted by atomic mass is 10.0. The van der Waals surface area contributed by atoms with E-state index < -0.39 is 0 Å². The lowest BCUT2D eigenvalue weighted by Gasteiger charge is -2.30. The number of rotatable bonds is 3. The molecule has 1 aliphatic rings. The van der Waals surface area contributed by atoms with E-state index >= 15 is 0 Å². The van der Waals surface area contributed by atoms with Gasteiger partial charge in [0.05, 0.1) is 6.10 Å². The molecule has 0 spiro atoms. The molecule has 0 bridgehead atoms. The summed E-state index contributed by atoms with van der Waals surface area (Å²) in [5.41, 5.74) is 1.30. The minimum atomic E-state index is 0.385. The van der Waals surface area contributed by atoms with Gasteiger partial charge in [0.25, 0.3) is 0 Å². The molecule has 0 aliphatic carbocycles. The van der Waals surface area contributed by atoms with Crippen LogP contribution in [0, 0.1) is 0 Å². The second-order valence-corrected chi connectivity index (χ2v) is 4.57. The highest BCUT2D eigenvalue weighted by atomic mass is 16.5. The number of nitrogens with one attached hydrogen (secondary N) is 1. The molecule has 2 rings (SSSR count). The summed E-state index contributed by atoms with van der Waals surface area (Å²) in [5.74, 6) is 0. The molecule has 0 radical (unpaired) electrons. The number of pyridine rings is 1. The minimum Gasteiger partial charge on any atom is -0.378 e. The van der Waals surface area contributed by atoms with Gasteiger partial charge in [0.15, 0.2) is 0 Å². The molecule has 1 N–H and O–H groups in total. The highest BCUT2D eigenvalue weighted by molar-refractivity contribution is 5.14. The maximum atomic E-state index is 5.55. The summed E-state index contributed by atoms with van der Waals surface area (Å²) in [7, 11) is 0. The number of ether oxygens (including phenoxy) is 1. The molecule has 3 nitrogen and oxygen atoms in total. The van der Waals surface area contributed by atoms with Crippen molar-refractivity contribution < 1.29 is 4.74 Å². The van der Waals surface area contributed by atoms with Crippen molar-refractivity contribution in [2.24, 2.45) is 0 Å². The molecular formula is C13H20N2O. The molecular weight excluding hydrogens is 200 g/mol. The van der Waals surface area contributed by atoms with Gasteiger partial charge < -0.3 is 10.1 Å². The van der Waals surface area contributed by atoms with Gasteiger partial charge in [-0.3, -0.25) is 4.98 Å². The average Bonchev–Trinajstić information content (AvgIpc) is 2.30. The monoisotopic (exact) mass is 220 g/mol. The summed E-state index contributed by atoms with van der Waals surface area (Å²) in [6, 6.07) is 5.10. The van der Waals surface area contributed by atoms with Gasteiger partial charge in [-0.1, -0.05) is 0 Å². The Morgan fingerprint density at radius 2 is 2.19 bits per heavy atom. The van der Waals surface area contributed by atoms with E-state index in [0.29, 0.717) is 18.2 Å². The lowest BCUT2D eigenvalue weighted by Crippen LogP contribution is -2.39. The maximum Gasteiger partial charge on any atom is 0.0561 e. The molecule has 1 fully saturated rings. The first-order valence-corrected chi connectivity index (χ1v) is 6.03. The van der Waals surface area contributed by atoms with Crippen LogP contribution in [0.4, 0.5) is 0 Å². The predicted molar refractivity (Wildman–Crippen MR) is 64.2 cm³/mol. The zero-order valence-electron chi connectivity index (χ0n) is 10.0. The second-order valence-electron chi connectivity index (χ2n) is 4.57. The summed E-state index contributed by atoms with van der Waals surface area (Å²) in [6.45, 7) is 5.22. The van der Waals surface area contributed by atoms with E-state index in [1.807, 2.05) is 12.4 Å². The van der Waals surface area contributed by atoms with Gasteiger partial charge in [0, 0.05) is 31.1 Å². The van der Waals surface area contributed by atoms with E-state index in [2.05, 4.69) is 36.3 Å². The van der Waals surface area contributed by atoms with Gasteiger partial charge in [-0.2, -0.15) is 0 Å². The van der Waals surface area contributed by atoms with Crippen LogP contribution in [0.15, 0.2) is 24.5 Å². The van der Waals surface area contributed by atoms with E-state index in [0.717, 1.165) is 19.4 Å². The molecule has 88 valence electrons. The molecule has 0 saturated carbocycles. The fourth-order valence-electron chi connectivity index (χ4n) is 2.25. The van der Waals surface area contributed by atoms with Crippen molar-refractivity contribution in [3.8, 4) is 0 Å². The molecule has 16 heavy (non-hydrogen) atoms. The molecule has 1 saturated heterocycles. The molecule has 2 unspecified atom stereocenters. The van der Waals surface area contributed by atoms with Gasteiger partial charge in [-0.25, -0.2) is 0 Å². The normalized spacial score (nSPS) is 27.6. The molecule has 0 aromatic carbocycles. The van der Waals surface area contributed by atoms with E-state index in [1.165, 1.54) is 5.56 Å². The molecule has 2 heterocycles. The van der Waals surface area contributed by atoms with Crippen LogP contribution in [0.1, 0.15) is 38.3 Å². The highest BCUT2D eigenvalue weighted by Gasteiger charge is 2.20. The van der Waals surface area contributed by atoms with E-state index in [9.17, 15) is 0 Å². The summed E-state index contributed by atoms with van der Waals surface area (Å²) in [5, 5.41) is 3.66. The third-order valence-corrected chi connectivity index (χ3v) is 3.18. The molecule has 3 atom stereocenters. The molecule has 1 aromatic rings. The summed E-state index contributed by atoms with van der Waals surface area (Å²) >= 11 is 0. The van der Waals surface area contributed by atoms with Crippen LogP contribution in [-0.4, -0.2) is 23.7 Å². The van der Waals surface area contributed by atoms with Gasteiger partial charge in [0.2, 0.25) is 0 Å². The number of aromatic nitrogens is 1. The quantitative estimate of drug-likeness (QED) is 0.848. The van der Waals surface area contributed by atoms with E-state index in [4.69, 9.17) is 4.74 Å². The van der Waals surface area contributed by atoms with Gasteiger partial charge in [0.1, 0.15) is 0 Å². The molecule has 1 aromatic heterocycles. The molecule has 1 aliphatic heterocycles. The van der Waals surface area contributed by atoms with Crippen LogP contribution in [0.5, 0.6) is 0 Å². The zero-order valence-corrected chi connectivity index (χ0v) is 10.0. The predicted octanol–water partition coefficient (Wildman–Crippen LogP) is 2.30. The Morgan fingerprint density at radius 1 is 1.44 bits per heavy atom. The maximum absolute atomic E-state index is 5.55. The second kappa shape index (κ2) is 5.41. The Hall–Kier alpha value is -0.930. The van der Waals surface area contributed by atoms with Crippen LogP contribution in [-0.2, 0) is 4.74 Å². The van der Waals surface area contributed by atoms with Crippen molar-refractivity contribution in [1.82, 2.24) is 10.3 Å². The van der Waals surface area contributed by atoms with Crippen molar-refractivity contribution in [3.63, 3.8) is 0 Å². The summed E-state index contributed by atoms with van der Waals surface area (Å²) < 4.78 is 5.55. The van der Waals surface area contributed by atoms with Crippen LogP contribution in [0.25, 0.3) is 0 Å². The largest absolute Gasteiger partial charge is 0.378 e. The van der Waals surface area contributed by atoms with Crippen LogP contribution < -0.4 is 5.32 Å². The SMILES string of the molecule is CC1CC(N[C@H](C)c2ccncc2)CCO1. The first kappa shape index (κ1) is 11.6. The number of hydrogen-bond donors (Lipinski definition) is 1. The third-order valence-electron chi connectivity index (χ3n) is 3.18. The van der Waals surface area contributed by atoms with Crippen LogP contribution in [0.3, 0.4) is 0 Å². The number of nitrogens with zero attached hydrogens (tertiary/aromatic N) is 1. The van der Waals surface area contributed by atoms with Gasteiger partial charge >= 0.3 is 0 Å². The minimum absolute atomic E-state index is 0.385. The summed E-state index contributed by atoms with van der Waals surface area (Å²) in [4.78, 5) is 4.04. The first-order chi connectivity index (χ1) is 7.75. The van der Waals surface area contributed by atoms with Crippen molar-refractivity contribution in [2.45, 2.75) is 44.9 Å². The lowest BCUT2D eigenvalue weighted by molar-refractivity contribution is 0.0116. The smallest absolute Gasteiger partial charge is 0.0561 e. The Labute approximate surface area is 97.2 Å². The van der Waals surface area contributed by atoms with E-state index in [-0.39, 0.29) is 0 Å². The number of hydrogen-bond acceptors (Lipinski definition) is 3. The van der Waals surface area contributed by atoms with Crippen molar-refractivity contribution in [1.29, 1.82) is 0 Å². The Balaban J connectivity index is 1.89. The summed E-state index contributed by atoms with van der Waals surface area (Å²) in [6.07, 6.45) is 6.30. The van der Waals surface area contributed by atoms with Gasteiger partial charge in [-0.15, -0.1) is 0 Å². The van der Waals surface area contributed by atoms with Crippen LogP contribution >= 0.6 is 0 Å². The standard InChI is InChI=1S/C13H20N2O/c1-10-9-13(5-8-16-10)15-11(2)12-3-6-14-7-4-12/h3-4,6-7,10-11,13,15H,5,8-9H2,1-2H3/t10?,11-,13?/m1/s1. The van der Waals surface area contributed by atoms with Crippen molar-refractivity contribution >= 4 is 0 Å². The topological polar surface area (TPSA) is 34.2 Å². The average molecular weight is 220 g/mol. The fourth-order valence-corrected chi connectivity index (χ4v) is 2.25. The Kier molecular flexibility index (Phi) is 3.91. The first-order valence-electron chi connectivity index (χ1n) is 6.03. The van der Waals surface area contributed by atoms with Crippen molar-refractivity contribution in [2.75, 3.05) is 6.61 Å². The fraction of sp³-hybridized carbons (Fsp3) is 0.615. The molecule has 3 heteroatoms. The highest BCUT2D eigenvalue weighted by Crippen LogP contribution is 2.18. The van der Waals surface area contributed by atoms with Crippen molar-refractivity contribution in [3.05, 3.63) is 30.1 Å².